The molecule has 0 aromatic carbocycles. The Morgan fingerprint density at radius 2 is 1.59 bits per heavy atom. The summed E-state index contributed by atoms with van der Waals surface area (Å²) in [5, 5.41) is 4.54. The number of ketones is 1. The summed E-state index contributed by atoms with van der Waals surface area (Å²) in [6, 6.07) is 5.37. The fourth-order valence-electron chi connectivity index (χ4n) is 3.53. The van der Waals surface area contributed by atoms with Crippen LogP contribution in [0.4, 0.5) is 0 Å². The summed E-state index contributed by atoms with van der Waals surface area (Å²) in [6.45, 7) is 9.97. The molecule has 2 aromatic rings. The average molecular weight is 449 g/mol. The van der Waals surface area contributed by atoms with E-state index >= 15 is 0 Å². The van der Waals surface area contributed by atoms with Crippen LogP contribution in [0.25, 0.3) is 5.52 Å². The van der Waals surface area contributed by atoms with Gasteiger partial charge in [0.15, 0.2) is 5.78 Å². The van der Waals surface area contributed by atoms with Crippen LogP contribution >= 0.6 is 0 Å². The molecule has 2 aromatic heterocycles. The number of hydrogen-bond donors (Lipinski definition) is 0. The standard InChI is InChI=1S/C23H32N2O7/c1-7-29-21(27)23(14-32-31-9-3,22(28)30-8-2)16(6)20(26)18-17-12-10-11-13-25(17)24-19(18)15(4)5/h10-13,15-16H,7-9,14H2,1-6H3. The zero-order chi connectivity index (χ0) is 23.9. The normalized spacial score (nSPS) is 12.7. The highest BCUT2D eigenvalue weighted by atomic mass is 17.2. The minimum Gasteiger partial charge on any atom is -0.465 e. The molecule has 0 saturated heterocycles. The first-order valence-corrected chi connectivity index (χ1v) is 10.9. The minimum atomic E-state index is -2.05. The molecule has 1 atom stereocenters. The van der Waals surface area contributed by atoms with Gasteiger partial charge >= 0.3 is 11.9 Å². The van der Waals surface area contributed by atoms with E-state index in [2.05, 4.69) is 5.10 Å². The first-order valence-electron chi connectivity index (χ1n) is 10.9. The summed E-state index contributed by atoms with van der Waals surface area (Å²) in [4.78, 5) is 50.3. The average Bonchev–Trinajstić information content (AvgIpc) is 3.16. The molecule has 0 aliphatic heterocycles. The maximum atomic E-state index is 13.9. The summed E-state index contributed by atoms with van der Waals surface area (Å²) in [5.74, 6) is -3.48. The van der Waals surface area contributed by atoms with Gasteiger partial charge in [0.2, 0.25) is 5.41 Å². The third-order valence-electron chi connectivity index (χ3n) is 5.26. The Morgan fingerprint density at radius 1 is 0.969 bits per heavy atom. The Bertz CT molecular complexity index is 933. The van der Waals surface area contributed by atoms with E-state index in [-0.39, 0.29) is 25.7 Å². The summed E-state index contributed by atoms with van der Waals surface area (Å²) in [7, 11) is 0. The largest absolute Gasteiger partial charge is 0.465 e. The molecule has 0 aliphatic carbocycles. The zero-order valence-corrected chi connectivity index (χ0v) is 19.5. The van der Waals surface area contributed by atoms with Crippen LogP contribution in [-0.4, -0.2) is 53.8 Å². The first kappa shape index (κ1) is 25.5. The van der Waals surface area contributed by atoms with Crippen molar-refractivity contribution in [2.45, 2.75) is 47.5 Å². The van der Waals surface area contributed by atoms with Gasteiger partial charge in [0.25, 0.3) is 0 Å². The molecule has 32 heavy (non-hydrogen) atoms. The number of esters is 2. The van der Waals surface area contributed by atoms with Crippen molar-refractivity contribution in [3.8, 4) is 0 Å². The Hall–Kier alpha value is -2.78. The van der Waals surface area contributed by atoms with Crippen LogP contribution < -0.4 is 0 Å². The monoisotopic (exact) mass is 448 g/mol. The molecule has 9 heteroatoms. The second-order valence-electron chi connectivity index (χ2n) is 7.61. The van der Waals surface area contributed by atoms with Crippen molar-refractivity contribution in [2.24, 2.45) is 11.3 Å². The molecule has 1 unspecified atom stereocenters. The highest BCUT2D eigenvalue weighted by Crippen LogP contribution is 2.37. The molecular weight excluding hydrogens is 416 g/mol. The van der Waals surface area contributed by atoms with E-state index in [0.717, 1.165) is 0 Å². The summed E-state index contributed by atoms with van der Waals surface area (Å²) < 4.78 is 12.0. The lowest BCUT2D eigenvalue weighted by Gasteiger charge is -2.32. The van der Waals surface area contributed by atoms with Crippen molar-refractivity contribution in [1.29, 1.82) is 0 Å². The molecule has 0 fully saturated rings. The van der Waals surface area contributed by atoms with Gasteiger partial charge < -0.3 is 9.47 Å². The Balaban J connectivity index is 2.66. The number of aromatic nitrogens is 2. The van der Waals surface area contributed by atoms with Gasteiger partial charge in [-0.2, -0.15) is 5.10 Å². The van der Waals surface area contributed by atoms with Crippen LogP contribution in [0.3, 0.4) is 0 Å². The maximum Gasteiger partial charge on any atom is 0.326 e. The second kappa shape index (κ2) is 11.2. The van der Waals surface area contributed by atoms with Gasteiger partial charge in [-0.1, -0.05) is 26.8 Å². The number of nitrogens with zero attached hydrogens (tertiary/aromatic N) is 2. The molecule has 176 valence electrons. The van der Waals surface area contributed by atoms with Crippen molar-refractivity contribution >= 4 is 23.2 Å². The lowest BCUT2D eigenvalue weighted by atomic mass is 9.72. The zero-order valence-electron chi connectivity index (χ0n) is 19.5. The van der Waals surface area contributed by atoms with Gasteiger partial charge in [-0.3, -0.25) is 14.4 Å². The molecular formula is C23H32N2O7. The topological polar surface area (TPSA) is 105 Å². The molecule has 2 rings (SSSR count). The SMILES string of the molecule is CCOOCC(C(=O)OCC)(C(=O)OCC)C(C)C(=O)c1c(C(C)C)nn2ccccc12. The van der Waals surface area contributed by atoms with E-state index in [9.17, 15) is 14.4 Å². The van der Waals surface area contributed by atoms with Gasteiger partial charge in [0.05, 0.1) is 36.6 Å². The summed E-state index contributed by atoms with van der Waals surface area (Å²) >= 11 is 0. The van der Waals surface area contributed by atoms with Crippen LogP contribution in [0, 0.1) is 11.3 Å². The smallest absolute Gasteiger partial charge is 0.326 e. The Kier molecular flexibility index (Phi) is 8.91. The molecule has 0 amide bonds. The van der Waals surface area contributed by atoms with Gasteiger partial charge in [0.1, 0.15) is 6.61 Å². The highest BCUT2D eigenvalue weighted by Gasteiger charge is 2.57. The first-order chi connectivity index (χ1) is 15.3. The molecule has 0 spiro atoms. The third-order valence-corrected chi connectivity index (χ3v) is 5.26. The van der Waals surface area contributed by atoms with E-state index in [0.29, 0.717) is 16.8 Å². The van der Waals surface area contributed by atoms with Crippen LogP contribution in [0.15, 0.2) is 24.4 Å². The van der Waals surface area contributed by atoms with E-state index in [4.69, 9.17) is 19.2 Å². The van der Waals surface area contributed by atoms with Crippen molar-refractivity contribution in [2.75, 3.05) is 26.4 Å². The van der Waals surface area contributed by atoms with Crippen LogP contribution in [0.5, 0.6) is 0 Å². The van der Waals surface area contributed by atoms with Gasteiger partial charge in [-0.25, -0.2) is 14.3 Å². The van der Waals surface area contributed by atoms with E-state index in [1.54, 1.807) is 49.7 Å². The minimum absolute atomic E-state index is 0.0174. The number of hydrogen-bond acceptors (Lipinski definition) is 8. The fourth-order valence-corrected chi connectivity index (χ4v) is 3.53. The van der Waals surface area contributed by atoms with Gasteiger partial charge in [-0.05, 0) is 38.8 Å². The Morgan fingerprint density at radius 3 is 2.12 bits per heavy atom. The van der Waals surface area contributed by atoms with Crippen molar-refractivity contribution in [3.05, 3.63) is 35.7 Å². The van der Waals surface area contributed by atoms with Gasteiger partial charge in [0, 0.05) is 12.1 Å². The van der Waals surface area contributed by atoms with Crippen molar-refractivity contribution < 1.29 is 33.6 Å². The van der Waals surface area contributed by atoms with Crippen LogP contribution in [0.1, 0.15) is 63.5 Å². The summed E-state index contributed by atoms with van der Waals surface area (Å²) in [6.07, 6.45) is 1.74. The number of rotatable bonds is 12. The predicted molar refractivity (Wildman–Crippen MR) is 116 cm³/mol. The predicted octanol–water partition coefficient (Wildman–Crippen LogP) is 3.36. The number of carbonyl (C=O) groups excluding carboxylic acids is 3. The van der Waals surface area contributed by atoms with Gasteiger partial charge in [-0.15, -0.1) is 0 Å². The van der Waals surface area contributed by atoms with Crippen molar-refractivity contribution in [3.63, 3.8) is 0 Å². The highest BCUT2D eigenvalue weighted by molar-refractivity contribution is 6.12. The molecule has 0 bridgehead atoms. The number of Topliss-reactive ketones (excluding diaryl/α,β-unsaturated/α-hetero) is 1. The molecule has 0 radical (unpaired) electrons. The Labute approximate surface area is 187 Å². The molecule has 2 heterocycles. The molecule has 0 saturated carbocycles. The number of fused-ring (bicyclic) bond motifs is 1. The second-order valence-corrected chi connectivity index (χ2v) is 7.61. The maximum absolute atomic E-state index is 13.9. The molecule has 0 N–H and O–H groups in total. The quantitative estimate of drug-likeness (QED) is 0.122. The lowest BCUT2D eigenvalue weighted by Crippen LogP contribution is -2.53. The summed E-state index contributed by atoms with van der Waals surface area (Å²) in [5.41, 5.74) is -0.543. The number of carbonyl (C=O) groups is 3. The number of pyridine rings is 1. The van der Waals surface area contributed by atoms with Crippen LogP contribution in [0.2, 0.25) is 0 Å². The van der Waals surface area contributed by atoms with Crippen LogP contribution in [-0.2, 0) is 28.8 Å². The van der Waals surface area contributed by atoms with E-state index < -0.39 is 35.7 Å². The lowest BCUT2D eigenvalue weighted by molar-refractivity contribution is -0.307. The third kappa shape index (κ3) is 4.83. The number of ether oxygens (including phenoxy) is 2. The molecule has 9 nitrogen and oxygen atoms in total. The molecule has 0 aliphatic rings. The van der Waals surface area contributed by atoms with E-state index in [1.807, 2.05) is 13.8 Å². The van der Waals surface area contributed by atoms with Crippen molar-refractivity contribution in [1.82, 2.24) is 9.61 Å². The van der Waals surface area contributed by atoms with E-state index in [1.165, 1.54) is 6.92 Å². The fraction of sp³-hybridized carbons (Fsp3) is 0.565.